The van der Waals surface area contributed by atoms with Crippen molar-refractivity contribution in [1.82, 2.24) is 4.98 Å². The van der Waals surface area contributed by atoms with Gasteiger partial charge in [0.25, 0.3) is 0 Å². The van der Waals surface area contributed by atoms with E-state index in [1.165, 1.54) is 12.1 Å². The normalized spacial score (nSPS) is 10.1. The summed E-state index contributed by atoms with van der Waals surface area (Å²) in [5.74, 6) is -0.322. The van der Waals surface area contributed by atoms with E-state index in [0.717, 1.165) is 11.8 Å². The van der Waals surface area contributed by atoms with Gasteiger partial charge in [0, 0.05) is 5.02 Å². The molecule has 0 unspecified atom stereocenters. The summed E-state index contributed by atoms with van der Waals surface area (Å²) >= 11 is 5.75. The molecule has 5 heteroatoms. The molecule has 0 aliphatic rings. The van der Waals surface area contributed by atoms with E-state index in [4.69, 9.17) is 11.6 Å². The van der Waals surface area contributed by atoms with E-state index in [0.29, 0.717) is 10.8 Å². The molecule has 2 rings (SSSR count). The highest BCUT2D eigenvalue weighted by molar-refractivity contribution is 6.30. The van der Waals surface area contributed by atoms with Crippen molar-refractivity contribution < 1.29 is 9.18 Å². The standard InChI is InChI=1S/C13H10ClFN2O/c14-10-3-1-9(2-4-10)7-13(18)17-12-6-5-11(15)8-16-12/h1-6,8H,7H2,(H,16,17,18). The molecule has 0 aliphatic carbocycles. The molecule has 1 aromatic heterocycles. The van der Waals surface area contributed by atoms with Crippen molar-refractivity contribution in [3.05, 3.63) is 59.0 Å². The lowest BCUT2D eigenvalue weighted by molar-refractivity contribution is -0.115. The Morgan fingerprint density at radius 3 is 2.56 bits per heavy atom. The number of rotatable bonds is 3. The first-order chi connectivity index (χ1) is 8.63. The van der Waals surface area contributed by atoms with Gasteiger partial charge in [-0.25, -0.2) is 9.37 Å². The van der Waals surface area contributed by atoms with Crippen LogP contribution in [-0.4, -0.2) is 10.9 Å². The highest BCUT2D eigenvalue weighted by Crippen LogP contribution is 2.11. The number of halogens is 2. The van der Waals surface area contributed by atoms with Crippen LogP contribution in [0.2, 0.25) is 5.02 Å². The fourth-order valence-electron chi connectivity index (χ4n) is 1.42. The summed E-state index contributed by atoms with van der Waals surface area (Å²) in [7, 11) is 0. The molecule has 0 radical (unpaired) electrons. The van der Waals surface area contributed by atoms with Crippen LogP contribution in [0.25, 0.3) is 0 Å². The van der Waals surface area contributed by atoms with E-state index >= 15 is 0 Å². The van der Waals surface area contributed by atoms with E-state index < -0.39 is 5.82 Å². The van der Waals surface area contributed by atoms with Gasteiger partial charge in [0.2, 0.25) is 5.91 Å². The number of pyridine rings is 1. The Bertz CT molecular complexity index is 490. The van der Waals surface area contributed by atoms with Gasteiger partial charge in [0.05, 0.1) is 12.6 Å². The lowest BCUT2D eigenvalue weighted by Crippen LogP contribution is -2.15. The second-order valence-corrected chi connectivity index (χ2v) is 4.15. The number of carbonyl (C=O) groups excluding carboxylic acids is 1. The maximum absolute atomic E-state index is 12.6. The Kier molecular flexibility index (Phi) is 3.89. The van der Waals surface area contributed by atoms with Crippen molar-refractivity contribution in [3.63, 3.8) is 0 Å². The van der Waals surface area contributed by atoms with Gasteiger partial charge in [-0.3, -0.25) is 4.79 Å². The van der Waals surface area contributed by atoms with Crippen LogP contribution in [0.1, 0.15) is 5.56 Å². The third-order valence-electron chi connectivity index (χ3n) is 2.27. The molecule has 0 saturated carbocycles. The second kappa shape index (κ2) is 5.60. The monoisotopic (exact) mass is 264 g/mol. The predicted molar refractivity (Wildman–Crippen MR) is 68.0 cm³/mol. The largest absolute Gasteiger partial charge is 0.310 e. The molecule has 2 aromatic rings. The molecule has 0 saturated heterocycles. The molecule has 0 fully saturated rings. The number of nitrogens with zero attached hydrogens (tertiary/aromatic N) is 1. The summed E-state index contributed by atoms with van der Waals surface area (Å²) in [6.45, 7) is 0. The molecule has 3 nitrogen and oxygen atoms in total. The Hall–Kier alpha value is -1.94. The fraction of sp³-hybridized carbons (Fsp3) is 0.0769. The molecule has 0 spiro atoms. The molecule has 0 atom stereocenters. The van der Waals surface area contributed by atoms with Crippen LogP contribution in [0.15, 0.2) is 42.6 Å². The van der Waals surface area contributed by atoms with E-state index in [1.54, 1.807) is 24.3 Å². The molecule has 1 amide bonds. The summed E-state index contributed by atoms with van der Waals surface area (Å²) in [5, 5.41) is 3.21. The number of aromatic nitrogens is 1. The summed E-state index contributed by atoms with van der Waals surface area (Å²) in [4.78, 5) is 15.4. The first-order valence-electron chi connectivity index (χ1n) is 5.29. The van der Waals surface area contributed by atoms with Crippen LogP contribution in [-0.2, 0) is 11.2 Å². The third-order valence-corrected chi connectivity index (χ3v) is 2.52. The highest BCUT2D eigenvalue weighted by Gasteiger charge is 2.05. The van der Waals surface area contributed by atoms with Crippen LogP contribution in [0, 0.1) is 5.82 Å². The Morgan fingerprint density at radius 2 is 1.94 bits per heavy atom. The van der Waals surface area contributed by atoms with Gasteiger partial charge in [-0.15, -0.1) is 0 Å². The number of anilines is 1. The lowest BCUT2D eigenvalue weighted by Gasteiger charge is -2.04. The molecular formula is C13H10ClFN2O. The molecule has 0 aliphatic heterocycles. The Balaban J connectivity index is 1.96. The number of amides is 1. The van der Waals surface area contributed by atoms with E-state index in [-0.39, 0.29) is 12.3 Å². The Labute approximate surface area is 109 Å². The lowest BCUT2D eigenvalue weighted by atomic mass is 10.1. The first-order valence-corrected chi connectivity index (χ1v) is 5.67. The van der Waals surface area contributed by atoms with Gasteiger partial charge in [0.15, 0.2) is 0 Å². The molecular weight excluding hydrogens is 255 g/mol. The number of benzene rings is 1. The van der Waals surface area contributed by atoms with Crippen molar-refractivity contribution in [2.24, 2.45) is 0 Å². The van der Waals surface area contributed by atoms with Crippen molar-refractivity contribution in [2.75, 3.05) is 5.32 Å². The summed E-state index contributed by atoms with van der Waals surface area (Å²) in [6, 6.07) is 9.65. The average molecular weight is 265 g/mol. The van der Waals surface area contributed by atoms with Gasteiger partial charge in [0.1, 0.15) is 11.6 Å². The maximum Gasteiger partial charge on any atom is 0.229 e. The fourth-order valence-corrected chi connectivity index (χ4v) is 1.55. The molecule has 0 bridgehead atoms. The van der Waals surface area contributed by atoms with Crippen LogP contribution < -0.4 is 5.32 Å². The van der Waals surface area contributed by atoms with Crippen molar-refractivity contribution in [3.8, 4) is 0 Å². The predicted octanol–water partition coefficient (Wildman–Crippen LogP) is 3.06. The highest BCUT2D eigenvalue weighted by atomic mass is 35.5. The zero-order chi connectivity index (χ0) is 13.0. The molecule has 1 N–H and O–H groups in total. The first kappa shape index (κ1) is 12.5. The SMILES string of the molecule is O=C(Cc1ccc(Cl)cc1)Nc1ccc(F)cn1. The minimum Gasteiger partial charge on any atom is -0.310 e. The van der Waals surface area contributed by atoms with Gasteiger partial charge in [-0.2, -0.15) is 0 Å². The van der Waals surface area contributed by atoms with E-state index in [1.807, 2.05) is 0 Å². The maximum atomic E-state index is 12.6. The summed E-state index contributed by atoms with van der Waals surface area (Å²) in [5.41, 5.74) is 0.846. The van der Waals surface area contributed by atoms with E-state index in [2.05, 4.69) is 10.3 Å². The van der Waals surface area contributed by atoms with Gasteiger partial charge >= 0.3 is 0 Å². The second-order valence-electron chi connectivity index (χ2n) is 3.71. The van der Waals surface area contributed by atoms with Crippen LogP contribution in [0.3, 0.4) is 0 Å². The van der Waals surface area contributed by atoms with Crippen LogP contribution in [0.4, 0.5) is 10.2 Å². The smallest absolute Gasteiger partial charge is 0.229 e. The minimum absolute atomic E-state index is 0.212. The molecule has 18 heavy (non-hydrogen) atoms. The molecule has 1 heterocycles. The molecule has 92 valence electrons. The van der Waals surface area contributed by atoms with Crippen LogP contribution in [0.5, 0.6) is 0 Å². The average Bonchev–Trinajstić information content (AvgIpc) is 2.35. The Morgan fingerprint density at radius 1 is 1.22 bits per heavy atom. The summed E-state index contributed by atoms with van der Waals surface area (Å²) in [6.07, 6.45) is 1.27. The number of hydrogen-bond acceptors (Lipinski definition) is 2. The van der Waals surface area contributed by atoms with Crippen LogP contribution >= 0.6 is 11.6 Å². The topological polar surface area (TPSA) is 42.0 Å². The number of nitrogens with one attached hydrogen (secondary N) is 1. The zero-order valence-electron chi connectivity index (χ0n) is 9.36. The zero-order valence-corrected chi connectivity index (χ0v) is 10.1. The summed E-state index contributed by atoms with van der Waals surface area (Å²) < 4.78 is 12.6. The third kappa shape index (κ3) is 3.53. The quantitative estimate of drug-likeness (QED) is 0.926. The van der Waals surface area contributed by atoms with Gasteiger partial charge in [-0.05, 0) is 29.8 Å². The number of hydrogen-bond donors (Lipinski definition) is 1. The van der Waals surface area contributed by atoms with Gasteiger partial charge < -0.3 is 5.32 Å². The molecule has 1 aromatic carbocycles. The number of carbonyl (C=O) groups is 1. The van der Waals surface area contributed by atoms with Crippen molar-refractivity contribution in [1.29, 1.82) is 0 Å². The minimum atomic E-state index is -0.439. The van der Waals surface area contributed by atoms with Gasteiger partial charge in [-0.1, -0.05) is 23.7 Å². The van der Waals surface area contributed by atoms with Crippen molar-refractivity contribution in [2.45, 2.75) is 6.42 Å². The van der Waals surface area contributed by atoms with E-state index in [9.17, 15) is 9.18 Å². The van der Waals surface area contributed by atoms with Crippen molar-refractivity contribution >= 4 is 23.3 Å².